The number of benzene rings is 1. The van der Waals surface area contributed by atoms with Crippen molar-refractivity contribution in [2.45, 2.75) is 57.9 Å². The molecule has 1 saturated heterocycles. The zero-order valence-electron chi connectivity index (χ0n) is 14.6. The first-order chi connectivity index (χ1) is 11.9. The van der Waals surface area contributed by atoms with Gasteiger partial charge in [-0.2, -0.15) is 0 Å². The number of rotatable bonds is 6. The summed E-state index contributed by atoms with van der Waals surface area (Å²) >= 11 is 0. The third-order valence-electron chi connectivity index (χ3n) is 3.98. The van der Waals surface area contributed by atoms with Crippen LogP contribution in [0.2, 0.25) is 0 Å². The average Bonchev–Trinajstić information content (AvgIpc) is 2.86. The van der Waals surface area contributed by atoms with E-state index >= 15 is 0 Å². The van der Waals surface area contributed by atoms with Crippen LogP contribution in [0.25, 0.3) is 0 Å². The highest BCUT2D eigenvalue weighted by atomic mass is 16.7. The minimum atomic E-state index is -1.16. The Kier molecular flexibility index (Phi) is 6.18. The van der Waals surface area contributed by atoms with Gasteiger partial charge in [0.1, 0.15) is 6.10 Å². The Morgan fingerprint density at radius 3 is 2.36 bits per heavy atom. The second-order valence-corrected chi connectivity index (χ2v) is 5.77. The van der Waals surface area contributed by atoms with Gasteiger partial charge in [0.2, 0.25) is 6.29 Å². The number of hydrogen-bond donors (Lipinski definition) is 0. The van der Waals surface area contributed by atoms with Crippen LogP contribution in [0.5, 0.6) is 0 Å². The molecule has 134 valence electrons. The molecule has 0 saturated carbocycles. The van der Waals surface area contributed by atoms with Crippen LogP contribution in [0.1, 0.15) is 32.8 Å². The van der Waals surface area contributed by atoms with E-state index < -0.39 is 36.0 Å². The third kappa shape index (κ3) is 4.38. The molecule has 0 spiro atoms. The van der Waals surface area contributed by atoms with Crippen molar-refractivity contribution in [2.75, 3.05) is 0 Å². The zero-order valence-corrected chi connectivity index (χ0v) is 14.6. The fourth-order valence-electron chi connectivity index (χ4n) is 2.81. The molecular weight excluding hydrogens is 324 g/mol. The van der Waals surface area contributed by atoms with E-state index in [-0.39, 0.29) is 6.61 Å². The molecule has 0 aromatic heterocycles. The van der Waals surface area contributed by atoms with Crippen LogP contribution in [0.4, 0.5) is 0 Å². The number of carbonyl (C=O) groups excluding carboxylic acids is 2. The molecular formula is C19H22O6. The maximum Gasteiger partial charge on any atom is 0.305 e. The molecule has 6 nitrogen and oxygen atoms in total. The van der Waals surface area contributed by atoms with Crippen molar-refractivity contribution in [3.63, 3.8) is 0 Å². The van der Waals surface area contributed by atoms with Gasteiger partial charge in [0.05, 0.1) is 6.61 Å². The van der Waals surface area contributed by atoms with Gasteiger partial charge in [0.15, 0.2) is 11.7 Å². The highest BCUT2D eigenvalue weighted by Gasteiger charge is 2.57. The van der Waals surface area contributed by atoms with E-state index in [1.54, 1.807) is 0 Å². The summed E-state index contributed by atoms with van der Waals surface area (Å²) in [6.07, 6.45) is 3.27. The summed E-state index contributed by atoms with van der Waals surface area (Å²) in [6, 6.07) is 9.50. The molecule has 2 unspecified atom stereocenters. The number of hydrogen-bond acceptors (Lipinski definition) is 6. The van der Waals surface area contributed by atoms with Crippen molar-refractivity contribution >= 4 is 11.9 Å². The lowest BCUT2D eigenvalue weighted by Gasteiger charge is -2.29. The Morgan fingerprint density at radius 2 is 1.84 bits per heavy atom. The Labute approximate surface area is 147 Å². The molecule has 1 aromatic carbocycles. The lowest BCUT2D eigenvalue weighted by atomic mass is 9.93. The Balaban J connectivity index is 2.28. The molecule has 1 aromatic rings. The quantitative estimate of drug-likeness (QED) is 0.581. The summed E-state index contributed by atoms with van der Waals surface area (Å²) in [5, 5.41) is 0. The van der Waals surface area contributed by atoms with E-state index in [2.05, 4.69) is 5.92 Å². The van der Waals surface area contributed by atoms with Gasteiger partial charge < -0.3 is 18.9 Å². The Bertz CT molecular complexity index is 650. The van der Waals surface area contributed by atoms with Gasteiger partial charge in [0.25, 0.3) is 0 Å². The van der Waals surface area contributed by atoms with Gasteiger partial charge in [-0.1, -0.05) is 43.2 Å². The van der Waals surface area contributed by atoms with Crippen LogP contribution in [-0.2, 0) is 35.1 Å². The van der Waals surface area contributed by atoms with E-state index in [0.717, 1.165) is 5.56 Å². The summed E-state index contributed by atoms with van der Waals surface area (Å²) in [5.74, 6) is 1.49. The maximum absolute atomic E-state index is 11.5. The molecule has 1 aliphatic heterocycles. The molecule has 0 aliphatic carbocycles. The highest BCUT2D eigenvalue weighted by molar-refractivity contribution is 5.67. The Hall–Kier alpha value is -2.36. The summed E-state index contributed by atoms with van der Waals surface area (Å²) in [7, 11) is 0. The van der Waals surface area contributed by atoms with Crippen molar-refractivity contribution in [3.8, 4) is 12.3 Å². The van der Waals surface area contributed by atoms with Gasteiger partial charge >= 0.3 is 11.9 Å². The standard InChI is InChI=1S/C19H22O6/c1-5-19(6-2)17(22-12-15-10-8-7-9-11-15)16(23-13(3)20)18(25-19)24-14(4)21/h1,7-11,16-18H,6,12H2,2-4H3/t16?,17-,18?,19-/m1/s1. The first kappa shape index (κ1) is 19.0. The smallest absolute Gasteiger partial charge is 0.305 e. The van der Waals surface area contributed by atoms with Crippen LogP contribution in [0.15, 0.2) is 30.3 Å². The van der Waals surface area contributed by atoms with E-state index in [4.69, 9.17) is 25.4 Å². The molecule has 0 amide bonds. The normalized spacial score (nSPS) is 28.2. The SMILES string of the molecule is C#C[C@]1(CC)OC(OC(C)=O)C(OC(C)=O)[C@H]1OCc1ccccc1. The number of ether oxygens (including phenoxy) is 4. The summed E-state index contributed by atoms with van der Waals surface area (Å²) in [6.45, 7) is 4.60. The van der Waals surface area contributed by atoms with Crippen molar-refractivity contribution in [1.82, 2.24) is 0 Å². The lowest BCUT2D eigenvalue weighted by molar-refractivity contribution is -0.199. The van der Waals surface area contributed by atoms with E-state index in [1.807, 2.05) is 37.3 Å². The zero-order chi connectivity index (χ0) is 18.4. The van der Waals surface area contributed by atoms with Gasteiger partial charge in [0, 0.05) is 13.8 Å². The summed E-state index contributed by atoms with van der Waals surface area (Å²) in [5.41, 5.74) is -0.225. The molecule has 1 aliphatic rings. The summed E-state index contributed by atoms with van der Waals surface area (Å²) < 4.78 is 22.2. The second-order valence-electron chi connectivity index (χ2n) is 5.77. The summed E-state index contributed by atoms with van der Waals surface area (Å²) in [4.78, 5) is 22.9. The van der Waals surface area contributed by atoms with Gasteiger partial charge in [-0.15, -0.1) is 6.42 Å². The first-order valence-corrected chi connectivity index (χ1v) is 8.07. The first-order valence-electron chi connectivity index (χ1n) is 8.07. The molecule has 0 bridgehead atoms. The van der Waals surface area contributed by atoms with Crippen LogP contribution in [-0.4, -0.2) is 36.0 Å². The topological polar surface area (TPSA) is 71.1 Å². The van der Waals surface area contributed by atoms with Crippen LogP contribution >= 0.6 is 0 Å². The van der Waals surface area contributed by atoms with Gasteiger partial charge in [-0.25, -0.2) is 0 Å². The number of terminal acetylenes is 1. The van der Waals surface area contributed by atoms with Crippen LogP contribution in [0, 0.1) is 12.3 Å². The predicted molar refractivity (Wildman–Crippen MR) is 89.1 cm³/mol. The monoisotopic (exact) mass is 346 g/mol. The molecule has 1 heterocycles. The molecule has 1 fully saturated rings. The number of esters is 2. The van der Waals surface area contributed by atoms with Crippen LogP contribution in [0.3, 0.4) is 0 Å². The van der Waals surface area contributed by atoms with E-state index in [9.17, 15) is 9.59 Å². The minimum Gasteiger partial charge on any atom is -0.453 e. The predicted octanol–water partition coefficient (Wildman–Crippen LogP) is 2.20. The molecule has 2 rings (SSSR count). The average molecular weight is 346 g/mol. The fourth-order valence-corrected chi connectivity index (χ4v) is 2.81. The van der Waals surface area contributed by atoms with Crippen molar-refractivity contribution in [2.24, 2.45) is 0 Å². The second kappa shape index (κ2) is 8.15. The lowest BCUT2D eigenvalue weighted by Crippen LogP contribution is -2.45. The van der Waals surface area contributed by atoms with Crippen molar-refractivity contribution in [3.05, 3.63) is 35.9 Å². The van der Waals surface area contributed by atoms with E-state index in [0.29, 0.717) is 6.42 Å². The van der Waals surface area contributed by atoms with Gasteiger partial charge in [-0.05, 0) is 12.0 Å². The molecule has 6 heteroatoms. The van der Waals surface area contributed by atoms with Crippen molar-refractivity contribution < 1.29 is 28.5 Å². The number of carbonyl (C=O) groups is 2. The largest absolute Gasteiger partial charge is 0.453 e. The molecule has 25 heavy (non-hydrogen) atoms. The maximum atomic E-state index is 11.5. The van der Waals surface area contributed by atoms with Gasteiger partial charge in [-0.3, -0.25) is 9.59 Å². The molecule has 0 radical (unpaired) electrons. The fraction of sp³-hybridized carbons (Fsp3) is 0.474. The third-order valence-corrected chi connectivity index (χ3v) is 3.98. The van der Waals surface area contributed by atoms with Crippen LogP contribution < -0.4 is 0 Å². The Morgan fingerprint density at radius 1 is 1.20 bits per heavy atom. The van der Waals surface area contributed by atoms with E-state index in [1.165, 1.54) is 13.8 Å². The minimum absolute atomic E-state index is 0.253. The molecule has 0 N–H and O–H groups in total. The van der Waals surface area contributed by atoms with Crippen molar-refractivity contribution in [1.29, 1.82) is 0 Å². The highest BCUT2D eigenvalue weighted by Crippen LogP contribution is 2.38. The molecule has 4 atom stereocenters.